The summed E-state index contributed by atoms with van der Waals surface area (Å²) in [7, 11) is 1.28. The molecule has 1 aromatic rings. The molecule has 0 saturated carbocycles. The van der Waals surface area contributed by atoms with E-state index in [0.717, 1.165) is 0 Å². The zero-order valence-corrected chi connectivity index (χ0v) is 15.7. The van der Waals surface area contributed by atoms with E-state index in [0.29, 0.717) is 30.6 Å². The number of carbonyl (C=O) groups excluding carboxylic acids is 1. The standard InChI is InChI=1S/C18H27F2N3O3/c1-11(2)7-16(18(25)26-4)23-17(24)12(3)8-13(21-23)5-6-22-9-14(19)15(20)10-22/h8,11,14-16H,5-7,9-10H2,1-4H3. The van der Waals surface area contributed by atoms with Crippen molar-refractivity contribution in [2.75, 3.05) is 26.7 Å². The Bertz CT molecular complexity index is 683. The first-order chi connectivity index (χ1) is 12.2. The van der Waals surface area contributed by atoms with Gasteiger partial charge in [0.05, 0.1) is 12.8 Å². The van der Waals surface area contributed by atoms with Gasteiger partial charge in [-0.1, -0.05) is 13.8 Å². The number of aromatic nitrogens is 2. The van der Waals surface area contributed by atoms with Crippen LogP contribution in [0, 0.1) is 12.8 Å². The van der Waals surface area contributed by atoms with E-state index in [9.17, 15) is 18.4 Å². The summed E-state index contributed by atoms with van der Waals surface area (Å²) in [5.41, 5.74) is 0.747. The minimum atomic E-state index is -1.45. The Kier molecular flexibility index (Phi) is 6.86. The molecule has 0 radical (unpaired) electrons. The zero-order valence-electron chi connectivity index (χ0n) is 15.7. The average Bonchev–Trinajstić information content (AvgIpc) is 2.91. The highest BCUT2D eigenvalue weighted by atomic mass is 19.2. The highest BCUT2D eigenvalue weighted by molar-refractivity contribution is 5.73. The molecule has 2 rings (SSSR count). The third kappa shape index (κ3) is 4.87. The molecule has 0 spiro atoms. The first-order valence-electron chi connectivity index (χ1n) is 8.90. The summed E-state index contributed by atoms with van der Waals surface area (Å²) in [6.45, 7) is 6.14. The fourth-order valence-electron chi connectivity index (χ4n) is 3.17. The molecular formula is C18H27F2N3O3. The number of halogens is 2. The van der Waals surface area contributed by atoms with Gasteiger partial charge in [-0.3, -0.25) is 9.69 Å². The number of hydrogen-bond acceptors (Lipinski definition) is 5. The zero-order chi connectivity index (χ0) is 19.4. The molecule has 1 aliphatic rings. The predicted molar refractivity (Wildman–Crippen MR) is 93.7 cm³/mol. The van der Waals surface area contributed by atoms with Gasteiger partial charge in [0.25, 0.3) is 5.56 Å². The molecule has 1 aromatic heterocycles. The summed E-state index contributed by atoms with van der Waals surface area (Å²) in [5.74, 6) is -0.339. The molecule has 146 valence electrons. The summed E-state index contributed by atoms with van der Waals surface area (Å²) < 4.78 is 32.6. The quantitative estimate of drug-likeness (QED) is 0.685. The Balaban J connectivity index is 2.21. The van der Waals surface area contributed by atoms with E-state index in [-0.39, 0.29) is 24.6 Å². The summed E-state index contributed by atoms with van der Waals surface area (Å²) >= 11 is 0. The van der Waals surface area contributed by atoms with Gasteiger partial charge in [0.2, 0.25) is 0 Å². The maximum atomic E-state index is 13.3. The molecule has 0 aromatic carbocycles. The third-order valence-corrected chi connectivity index (χ3v) is 4.57. The van der Waals surface area contributed by atoms with Crippen LogP contribution in [0.3, 0.4) is 0 Å². The van der Waals surface area contributed by atoms with Crippen LogP contribution in [-0.2, 0) is 16.0 Å². The third-order valence-electron chi connectivity index (χ3n) is 4.57. The Morgan fingerprint density at radius 3 is 2.50 bits per heavy atom. The molecule has 6 nitrogen and oxygen atoms in total. The second kappa shape index (κ2) is 8.70. The van der Waals surface area contributed by atoms with Crippen molar-refractivity contribution in [3.05, 3.63) is 27.7 Å². The van der Waals surface area contributed by atoms with Gasteiger partial charge in [0.15, 0.2) is 6.04 Å². The monoisotopic (exact) mass is 371 g/mol. The molecule has 1 fully saturated rings. The van der Waals surface area contributed by atoms with Gasteiger partial charge < -0.3 is 4.74 Å². The number of methoxy groups -OCH3 is 1. The van der Waals surface area contributed by atoms with E-state index in [1.165, 1.54) is 11.8 Å². The second-order valence-corrected chi connectivity index (χ2v) is 7.28. The lowest BCUT2D eigenvalue weighted by atomic mass is 10.0. The lowest BCUT2D eigenvalue weighted by Gasteiger charge is -2.20. The van der Waals surface area contributed by atoms with Crippen molar-refractivity contribution in [2.24, 2.45) is 5.92 Å². The van der Waals surface area contributed by atoms with Crippen LogP contribution in [0.15, 0.2) is 10.9 Å². The molecule has 0 amide bonds. The summed E-state index contributed by atoms with van der Waals surface area (Å²) in [6, 6.07) is 0.877. The van der Waals surface area contributed by atoms with Crippen LogP contribution in [0.2, 0.25) is 0 Å². The van der Waals surface area contributed by atoms with Gasteiger partial charge in [-0.05, 0) is 25.3 Å². The molecule has 8 heteroatoms. The average molecular weight is 371 g/mol. The van der Waals surface area contributed by atoms with Crippen LogP contribution in [0.1, 0.15) is 37.6 Å². The van der Waals surface area contributed by atoms with E-state index >= 15 is 0 Å². The number of likely N-dealkylation sites (tertiary alicyclic amines) is 1. The Labute approximate surface area is 152 Å². The van der Waals surface area contributed by atoms with Crippen molar-refractivity contribution in [3.8, 4) is 0 Å². The SMILES string of the molecule is COC(=O)C(CC(C)C)n1nc(CCN2CC(F)C(F)C2)cc(C)c1=O. The number of ether oxygens (including phenoxy) is 1. The first kappa shape index (κ1) is 20.5. The molecule has 0 bridgehead atoms. The van der Waals surface area contributed by atoms with Gasteiger partial charge in [-0.15, -0.1) is 0 Å². The summed E-state index contributed by atoms with van der Waals surface area (Å²) in [5, 5.41) is 4.34. The molecule has 1 saturated heterocycles. The molecule has 3 atom stereocenters. The molecule has 3 unspecified atom stereocenters. The Hall–Kier alpha value is -1.83. The molecule has 2 heterocycles. The normalized spacial score (nSPS) is 22.0. The van der Waals surface area contributed by atoms with Crippen molar-refractivity contribution in [1.29, 1.82) is 0 Å². The summed E-state index contributed by atoms with van der Waals surface area (Å²) in [4.78, 5) is 26.3. The maximum Gasteiger partial charge on any atom is 0.330 e. The number of nitrogens with zero attached hydrogens (tertiary/aromatic N) is 3. The van der Waals surface area contributed by atoms with Gasteiger partial charge in [0.1, 0.15) is 12.3 Å². The highest BCUT2D eigenvalue weighted by Gasteiger charge is 2.32. The number of esters is 1. The van der Waals surface area contributed by atoms with Crippen molar-refractivity contribution in [3.63, 3.8) is 0 Å². The number of alkyl halides is 2. The maximum absolute atomic E-state index is 13.3. The number of hydrogen-bond donors (Lipinski definition) is 0. The molecule has 0 aliphatic carbocycles. The van der Waals surface area contributed by atoms with Crippen molar-refractivity contribution < 1.29 is 18.3 Å². The number of rotatable bonds is 7. The van der Waals surface area contributed by atoms with Gasteiger partial charge in [-0.25, -0.2) is 18.3 Å². The largest absolute Gasteiger partial charge is 0.467 e. The highest BCUT2D eigenvalue weighted by Crippen LogP contribution is 2.19. The van der Waals surface area contributed by atoms with Crippen LogP contribution >= 0.6 is 0 Å². The number of carbonyl (C=O) groups is 1. The Morgan fingerprint density at radius 2 is 1.96 bits per heavy atom. The summed E-state index contributed by atoms with van der Waals surface area (Å²) in [6.07, 6.45) is -2.03. The van der Waals surface area contributed by atoms with E-state index < -0.39 is 24.4 Å². The van der Waals surface area contributed by atoms with Crippen LogP contribution in [0.25, 0.3) is 0 Å². The smallest absolute Gasteiger partial charge is 0.330 e. The molecule has 0 N–H and O–H groups in total. The first-order valence-corrected chi connectivity index (χ1v) is 8.90. The topological polar surface area (TPSA) is 64.4 Å². The van der Waals surface area contributed by atoms with E-state index in [1.54, 1.807) is 17.9 Å². The van der Waals surface area contributed by atoms with Crippen molar-refractivity contribution >= 4 is 5.97 Å². The van der Waals surface area contributed by atoms with Crippen LogP contribution in [0.4, 0.5) is 8.78 Å². The van der Waals surface area contributed by atoms with E-state index in [2.05, 4.69) is 5.10 Å². The van der Waals surface area contributed by atoms with E-state index in [1.807, 2.05) is 13.8 Å². The van der Waals surface area contributed by atoms with E-state index in [4.69, 9.17) is 4.74 Å². The molecule has 26 heavy (non-hydrogen) atoms. The van der Waals surface area contributed by atoms with Crippen LogP contribution in [-0.4, -0.2) is 59.7 Å². The Morgan fingerprint density at radius 1 is 1.35 bits per heavy atom. The second-order valence-electron chi connectivity index (χ2n) is 7.28. The fourth-order valence-corrected chi connectivity index (χ4v) is 3.17. The molecule has 1 aliphatic heterocycles. The minimum absolute atomic E-state index is 0.0674. The van der Waals surface area contributed by atoms with Gasteiger partial charge in [0, 0.05) is 31.6 Å². The number of aryl methyl sites for hydroxylation is 1. The minimum Gasteiger partial charge on any atom is -0.467 e. The molecular weight excluding hydrogens is 344 g/mol. The van der Waals surface area contributed by atoms with Crippen molar-refractivity contribution in [1.82, 2.24) is 14.7 Å². The fraction of sp³-hybridized carbons (Fsp3) is 0.722. The lowest BCUT2D eigenvalue weighted by Crippen LogP contribution is -2.35. The van der Waals surface area contributed by atoms with Gasteiger partial charge >= 0.3 is 5.97 Å². The van der Waals surface area contributed by atoms with Gasteiger partial charge in [-0.2, -0.15) is 5.10 Å². The predicted octanol–water partition coefficient (Wildman–Crippen LogP) is 1.85. The lowest BCUT2D eigenvalue weighted by molar-refractivity contribution is -0.145. The van der Waals surface area contributed by atoms with Crippen LogP contribution < -0.4 is 5.56 Å². The van der Waals surface area contributed by atoms with Crippen LogP contribution in [0.5, 0.6) is 0 Å². The van der Waals surface area contributed by atoms with Crippen molar-refractivity contribution in [2.45, 2.75) is 52.0 Å².